The Morgan fingerprint density at radius 2 is 2.00 bits per heavy atom. The molecule has 1 aromatic rings. The number of hydrogen-bond acceptors (Lipinski definition) is 8. The van der Waals surface area contributed by atoms with Gasteiger partial charge in [-0.3, -0.25) is 10.1 Å². The number of methoxy groups -OCH3 is 1. The Kier molecular flexibility index (Phi) is 6.00. The lowest BCUT2D eigenvalue weighted by Gasteiger charge is -2.42. The Morgan fingerprint density at radius 3 is 2.56 bits per heavy atom. The fourth-order valence-corrected chi connectivity index (χ4v) is 4.82. The van der Waals surface area contributed by atoms with Gasteiger partial charge in [0.1, 0.15) is 35.3 Å². The number of non-ortho nitro benzene ring substituents is 1. The number of nitro groups is 1. The number of nitrogens with zero attached hydrogens (tertiary/aromatic N) is 1. The lowest BCUT2D eigenvalue weighted by molar-refractivity contribution is -0.384. The topological polar surface area (TPSA) is 113 Å². The van der Waals surface area contributed by atoms with Crippen molar-refractivity contribution in [2.24, 2.45) is 11.8 Å². The highest BCUT2D eigenvalue weighted by Crippen LogP contribution is 2.59. The average molecular weight is 447 g/mol. The van der Waals surface area contributed by atoms with Crippen molar-refractivity contribution in [1.82, 2.24) is 0 Å². The van der Waals surface area contributed by atoms with Crippen LogP contribution in [0.15, 0.2) is 36.4 Å². The first-order valence-electron chi connectivity index (χ1n) is 10.8. The van der Waals surface area contributed by atoms with Crippen LogP contribution in [-0.2, 0) is 18.9 Å². The molecule has 9 heteroatoms. The molecule has 1 saturated carbocycles. The lowest BCUT2D eigenvalue weighted by atomic mass is 9.68. The maximum atomic E-state index is 12.4. The van der Waals surface area contributed by atoms with Gasteiger partial charge in [-0.05, 0) is 37.8 Å². The molecule has 0 radical (unpaired) electrons. The largest absolute Gasteiger partial charge is 0.514 e. The van der Waals surface area contributed by atoms with Crippen LogP contribution in [0.5, 0.6) is 5.75 Å². The van der Waals surface area contributed by atoms with Gasteiger partial charge in [-0.2, -0.15) is 0 Å². The van der Waals surface area contributed by atoms with Gasteiger partial charge < -0.3 is 23.7 Å². The SMILES string of the molecule is COC1C(C2(C)O[C@@H]2/C=C/C(C)C)[C@]2(CC[C@H]1OC(=O)Oc1ccc([N+](=O)[O-])cc1)CO2. The molecule has 0 aromatic heterocycles. The summed E-state index contributed by atoms with van der Waals surface area (Å²) in [5.41, 5.74) is -0.876. The summed E-state index contributed by atoms with van der Waals surface area (Å²) in [6, 6.07) is 5.24. The Balaban J connectivity index is 1.44. The van der Waals surface area contributed by atoms with Gasteiger partial charge in [-0.1, -0.05) is 26.0 Å². The van der Waals surface area contributed by atoms with Crippen molar-refractivity contribution in [1.29, 1.82) is 0 Å². The van der Waals surface area contributed by atoms with E-state index in [0.717, 1.165) is 6.42 Å². The molecule has 4 rings (SSSR count). The fourth-order valence-electron chi connectivity index (χ4n) is 4.82. The van der Waals surface area contributed by atoms with Gasteiger partial charge in [-0.25, -0.2) is 4.79 Å². The van der Waals surface area contributed by atoms with E-state index in [1.807, 2.05) is 0 Å². The minimum absolute atomic E-state index is 0.0422. The van der Waals surface area contributed by atoms with E-state index >= 15 is 0 Å². The molecule has 0 bridgehead atoms. The van der Waals surface area contributed by atoms with Gasteiger partial charge in [0.15, 0.2) is 0 Å². The van der Waals surface area contributed by atoms with E-state index in [4.69, 9.17) is 23.7 Å². The number of ether oxygens (including phenoxy) is 5. The van der Waals surface area contributed by atoms with Crippen molar-refractivity contribution in [3.63, 3.8) is 0 Å². The van der Waals surface area contributed by atoms with Crippen molar-refractivity contribution in [2.75, 3.05) is 13.7 Å². The molecule has 1 spiro atoms. The van der Waals surface area contributed by atoms with Crippen LogP contribution in [-0.4, -0.2) is 54.3 Å². The number of carbonyl (C=O) groups excluding carboxylic acids is 1. The second-order valence-corrected chi connectivity index (χ2v) is 9.18. The molecule has 1 aromatic carbocycles. The molecule has 6 atom stereocenters. The van der Waals surface area contributed by atoms with Crippen molar-refractivity contribution in [3.05, 3.63) is 46.5 Å². The molecule has 9 nitrogen and oxygen atoms in total. The summed E-state index contributed by atoms with van der Waals surface area (Å²) in [6.45, 7) is 6.92. The molecule has 0 N–H and O–H groups in total. The minimum Gasteiger partial charge on any atom is -0.428 e. The van der Waals surface area contributed by atoms with Gasteiger partial charge in [-0.15, -0.1) is 0 Å². The Labute approximate surface area is 186 Å². The first-order valence-corrected chi connectivity index (χ1v) is 10.8. The minimum atomic E-state index is -0.879. The zero-order chi connectivity index (χ0) is 23.1. The maximum absolute atomic E-state index is 12.4. The number of allylic oxidation sites excluding steroid dienone is 1. The van der Waals surface area contributed by atoms with Crippen LogP contribution in [0, 0.1) is 22.0 Å². The first-order chi connectivity index (χ1) is 15.2. The highest BCUT2D eigenvalue weighted by atomic mass is 16.7. The Hall–Kier alpha value is -2.49. The van der Waals surface area contributed by atoms with Crippen molar-refractivity contribution in [3.8, 4) is 5.75 Å². The quantitative estimate of drug-likeness (QED) is 0.154. The van der Waals surface area contributed by atoms with E-state index in [-0.39, 0.29) is 29.1 Å². The van der Waals surface area contributed by atoms with Crippen molar-refractivity contribution < 1.29 is 33.4 Å². The molecule has 2 aliphatic heterocycles. The van der Waals surface area contributed by atoms with E-state index in [2.05, 4.69) is 32.9 Å². The third-order valence-electron chi connectivity index (χ3n) is 6.57. The van der Waals surface area contributed by atoms with Gasteiger partial charge in [0.25, 0.3) is 5.69 Å². The summed E-state index contributed by atoms with van der Waals surface area (Å²) in [7, 11) is 1.60. The van der Waals surface area contributed by atoms with Gasteiger partial charge in [0.05, 0.1) is 17.4 Å². The van der Waals surface area contributed by atoms with Crippen LogP contribution in [0.1, 0.15) is 33.6 Å². The molecule has 174 valence electrons. The summed E-state index contributed by atoms with van der Waals surface area (Å²) in [5.74, 6) is 0.484. The van der Waals surface area contributed by atoms with E-state index in [1.54, 1.807) is 7.11 Å². The van der Waals surface area contributed by atoms with E-state index in [9.17, 15) is 14.9 Å². The zero-order valence-corrected chi connectivity index (χ0v) is 18.7. The molecule has 2 saturated heterocycles. The monoisotopic (exact) mass is 447 g/mol. The van der Waals surface area contributed by atoms with Gasteiger partial charge >= 0.3 is 6.16 Å². The number of hydrogen-bond donors (Lipinski definition) is 0. The Morgan fingerprint density at radius 1 is 1.31 bits per heavy atom. The van der Waals surface area contributed by atoms with Crippen LogP contribution in [0.3, 0.4) is 0 Å². The molecule has 0 amide bonds. The van der Waals surface area contributed by atoms with Gasteiger partial charge in [0.2, 0.25) is 0 Å². The zero-order valence-electron chi connectivity index (χ0n) is 18.7. The van der Waals surface area contributed by atoms with Crippen LogP contribution < -0.4 is 4.74 Å². The summed E-state index contributed by atoms with van der Waals surface area (Å²) >= 11 is 0. The maximum Gasteiger partial charge on any atom is 0.514 e. The molecule has 3 fully saturated rings. The van der Waals surface area contributed by atoms with Gasteiger partial charge in [0, 0.05) is 19.2 Å². The normalized spacial score (nSPS) is 35.8. The molecule has 3 unspecified atom stereocenters. The predicted molar refractivity (Wildman–Crippen MR) is 113 cm³/mol. The van der Waals surface area contributed by atoms with E-state index in [1.165, 1.54) is 24.3 Å². The summed E-state index contributed by atoms with van der Waals surface area (Å²) < 4.78 is 28.7. The third kappa shape index (κ3) is 4.37. The van der Waals surface area contributed by atoms with Crippen molar-refractivity contribution >= 4 is 11.8 Å². The number of epoxide rings is 2. The highest BCUT2D eigenvalue weighted by Gasteiger charge is 2.72. The summed E-state index contributed by atoms with van der Waals surface area (Å²) in [5, 5.41) is 10.8. The standard InChI is InChI=1S/C23H29NO8/c1-14(2)5-10-18-22(3,32-18)20-19(28-4)17(11-12-23(20)13-29-23)31-21(25)30-16-8-6-15(7-9-16)24(26)27/h5-10,14,17-20H,11-13H2,1-4H3/b10-5+/t17-,18-,19?,20?,22?,23+/m1/s1. The summed E-state index contributed by atoms with van der Waals surface area (Å²) in [6.07, 6.45) is 3.64. The molecule has 3 aliphatic rings. The lowest BCUT2D eigenvalue weighted by Crippen LogP contribution is -2.55. The van der Waals surface area contributed by atoms with E-state index < -0.39 is 28.9 Å². The summed E-state index contributed by atoms with van der Waals surface area (Å²) in [4.78, 5) is 22.7. The number of nitro benzene ring substituents is 1. The number of rotatable bonds is 7. The predicted octanol–water partition coefficient (Wildman–Crippen LogP) is 4.04. The third-order valence-corrected chi connectivity index (χ3v) is 6.57. The highest BCUT2D eigenvalue weighted by molar-refractivity contribution is 5.64. The molecule has 32 heavy (non-hydrogen) atoms. The molecular weight excluding hydrogens is 418 g/mol. The second-order valence-electron chi connectivity index (χ2n) is 9.18. The first kappa shape index (κ1) is 22.7. The molecule has 2 heterocycles. The molecule has 1 aliphatic carbocycles. The van der Waals surface area contributed by atoms with Crippen molar-refractivity contribution in [2.45, 2.75) is 63.1 Å². The van der Waals surface area contributed by atoms with Crippen LogP contribution in [0.25, 0.3) is 0 Å². The number of benzene rings is 1. The number of carbonyl (C=O) groups is 1. The van der Waals surface area contributed by atoms with Crippen LogP contribution in [0.2, 0.25) is 0 Å². The van der Waals surface area contributed by atoms with Crippen LogP contribution >= 0.6 is 0 Å². The van der Waals surface area contributed by atoms with Crippen LogP contribution in [0.4, 0.5) is 10.5 Å². The fraction of sp³-hybridized carbons (Fsp3) is 0.609. The molecular formula is C23H29NO8. The van der Waals surface area contributed by atoms with E-state index in [0.29, 0.717) is 18.9 Å². The average Bonchev–Trinajstić information content (AvgIpc) is 3.65. The smallest absolute Gasteiger partial charge is 0.428 e. The second kappa shape index (κ2) is 8.46. The Bertz CT molecular complexity index is 894.